The molecule has 5 heteroatoms. The van der Waals surface area contributed by atoms with Gasteiger partial charge in [-0.3, -0.25) is 4.79 Å². The number of benzene rings is 1. The van der Waals surface area contributed by atoms with E-state index in [1.54, 1.807) is 0 Å². The summed E-state index contributed by atoms with van der Waals surface area (Å²) in [7, 11) is 0. The van der Waals surface area contributed by atoms with E-state index in [4.69, 9.17) is 16.3 Å². The minimum Gasteiger partial charge on any atom is -0.381 e. The molecule has 0 aliphatic carbocycles. The number of hydrogen-bond acceptors (Lipinski definition) is 2. The first-order chi connectivity index (χ1) is 8.65. The number of carbonyl (C=O) groups is 1. The lowest BCUT2D eigenvalue weighted by molar-refractivity contribution is -0.121. The zero-order chi connectivity index (χ0) is 13.0. The van der Waals surface area contributed by atoms with Crippen LogP contribution in [0, 0.1) is 0 Å². The number of nitrogens with one attached hydrogen (secondary N) is 1. The molecule has 1 aromatic carbocycles. The molecule has 0 bridgehead atoms. The molecule has 98 valence electrons. The SMILES string of the molecule is O=C(Cc1ccc(Br)c(Cl)c1)NC1CCOCC1. The summed E-state index contributed by atoms with van der Waals surface area (Å²) in [5.74, 6) is 0.0419. The maximum atomic E-state index is 11.9. The standard InChI is InChI=1S/C13H15BrClNO2/c14-11-2-1-9(7-12(11)15)8-13(17)16-10-3-5-18-6-4-10/h1-2,7,10H,3-6,8H2,(H,16,17). The molecular formula is C13H15BrClNO2. The van der Waals surface area contributed by atoms with Gasteiger partial charge in [0.25, 0.3) is 0 Å². The summed E-state index contributed by atoms with van der Waals surface area (Å²) < 4.78 is 6.10. The molecule has 0 unspecified atom stereocenters. The highest BCUT2D eigenvalue weighted by Gasteiger charge is 2.16. The monoisotopic (exact) mass is 331 g/mol. The Bertz CT molecular complexity index is 433. The van der Waals surface area contributed by atoms with E-state index in [-0.39, 0.29) is 11.9 Å². The van der Waals surface area contributed by atoms with Gasteiger partial charge in [0.15, 0.2) is 0 Å². The van der Waals surface area contributed by atoms with Crippen LogP contribution < -0.4 is 5.32 Å². The van der Waals surface area contributed by atoms with Crippen molar-refractivity contribution in [3.8, 4) is 0 Å². The second-order valence-corrected chi connectivity index (χ2v) is 5.64. The van der Waals surface area contributed by atoms with Crippen molar-refractivity contribution in [2.24, 2.45) is 0 Å². The fourth-order valence-electron chi connectivity index (χ4n) is 1.96. The highest BCUT2D eigenvalue weighted by Crippen LogP contribution is 2.23. The molecule has 1 aliphatic rings. The Hall–Kier alpha value is -0.580. The van der Waals surface area contributed by atoms with Gasteiger partial charge in [-0.2, -0.15) is 0 Å². The first-order valence-corrected chi connectivity index (χ1v) is 7.13. The summed E-state index contributed by atoms with van der Waals surface area (Å²) in [4.78, 5) is 11.9. The topological polar surface area (TPSA) is 38.3 Å². The molecule has 1 heterocycles. The Labute approximate surface area is 120 Å². The Balaban J connectivity index is 1.88. The molecule has 3 nitrogen and oxygen atoms in total. The molecule has 1 saturated heterocycles. The lowest BCUT2D eigenvalue weighted by atomic mass is 10.1. The molecule has 1 fully saturated rings. The summed E-state index contributed by atoms with van der Waals surface area (Å²) in [5, 5.41) is 3.66. The van der Waals surface area contributed by atoms with Crippen molar-refractivity contribution < 1.29 is 9.53 Å². The summed E-state index contributed by atoms with van der Waals surface area (Å²) in [5.41, 5.74) is 0.924. The molecule has 1 aliphatic heterocycles. The molecule has 0 atom stereocenters. The van der Waals surface area contributed by atoms with Crippen LogP contribution in [-0.2, 0) is 16.0 Å². The lowest BCUT2D eigenvalue weighted by Gasteiger charge is -2.23. The Morgan fingerprint density at radius 3 is 2.83 bits per heavy atom. The van der Waals surface area contributed by atoms with Gasteiger partial charge in [-0.25, -0.2) is 0 Å². The summed E-state index contributed by atoms with van der Waals surface area (Å²) in [6.45, 7) is 1.46. The Morgan fingerprint density at radius 2 is 2.17 bits per heavy atom. The summed E-state index contributed by atoms with van der Waals surface area (Å²) in [6.07, 6.45) is 2.16. The van der Waals surface area contributed by atoms with E-state index < -0.39 is 0 Å². The number of amides is 1. The molecule has 0 saturated carbocycles. The number of rotatable bonds is 3. The van der Waals surface area contributed by atoms with Crippen molar-refractivity contribution in [1.82, 2.24) is 5.32 Å². The van der Waals surface area contributed by atoms with E-state index in [9.17, 15) is 4.79 Å². The number of ether oxygens (including phenoxy) is 1. The molecular weight excluding hydrogens is 318 g/mol. The third-order valence-corrected chi connectivity index (χ3v) is 4.17. The molecule has 0 aromatic heterocycles. The predicted molar refractivity (Wildman–Crippen MR) is 74.8 cm³/mol. The lowest BCUT2D eigenvalue weighted by Crippen LogP contribution is -2.39. The van der Waals surface area contributed by atoms with Gasteiger partial charge in [0.05, 0.1) is 11.4 Å². The van der Waals surface area contributed by atoms with Gasteiger partial charge < -0.3 is 10.1 Å². The second kappa shape index (κ2) is 6.55. The smallest absolute Gasteiger partial charge is 0.224 e. The van der Waals surface area contributed by atoms with E-state index in [0.717, 1.165) is 36.1 Å². The zero-order valence-corrected chi connectivity index (χ0v) is 12.3. The third kappa shape index (κ3) is 3.97. The van der Waals surface area contributed by atoms with Crippen LogP contribution in [0.2, 0.25) is 5.02 Å². The van der Waals surface area contributed by atoms with Crippen LogP contribution in [0.1, 0.15) is 18.4 Å². The highest BCUT2D eigenvalue weighted by molar-refractivity contribution is 9.10. The molecule has 2 rings (SSSR count). The number of hydrogen-bond donors (Lipinski definition) is 1. The largest absolute Gasteiger partial charge is 0.381 e. The van der Waals surface area contributed by atoms with Gasteiger partial charge in [-0.15, -0.1) is 0 Å². The van der Waals surface area contributed by atoms with Crippen LogP contribution >= 0.6 is 27.5 Å². The second-order valence-electron chi connectivity index (χ2n) is 4.38. The van der Waals surface area contributed by atoms with E-state index in [0.29, 0.717) is 11.4 Å². The minimum atomic E-state index is 0.0419. The van der Waals surface area contributed by atoms with Crippen LogP contribution in [0.5, 0.6) is 0 Å². The van der Waals surface area contributed by atoms with Gasteiger partial charge in [-0.05, 0) is 46.5 Å². The van der Waals surface area contributed by atoms with E-state index in [2.05, 4.69) is 21.2 Å². The van der Waals surface area contributed by atoms with Crippen LogP contribution in [0.4, 0.5) is 0 Å². The zero-order valence-electron chi connectivity index (χ0n) is 9.92. The fraction of sp³-hybridized carbons (Fsp3) is 0.462. The van der Waals surface area contributed by atoms with Gasteiger partial charge in [0.2, 0.25) is 5.91 Å². The summed E-state index contributed by atoms with van der Waals surface area (Å²) >= 11 is 9.32. The third-order valence-electron chi connectivity index (χ3n) is 2.94. The minimum absolute atomic E-state index is 0.0419. The van der Waals surface area contributed by atoms with Crippen molar-refractivity contribution >= 4 is 33.4 Å². The quantitative estimate of drug-likeness (QED) is 0.924. The first-order valence-electron chi connectivity index (χ1n) is 5.96. The molecule has 1 amide bonds. The van der Waals surface area contributed by atoms with Crippen LogP contribution in [0.25, 0.3) is 0 Å². The highest BCUT2D eigenvalue weighted by atomic mass is 79.9. The predicted octanol–water partition coefficient (Wildman–Crippen LogP) is 2.94. The number of carbonyl (C=O) groups excluding carboxylic acids is 1. The van der Waals surface area contributed by atoms with Crippen molar-refractivity contribution in [3.05, 3.63) is 33.3 Å². The van der Waals surface area contributed by atoms with Crippen LogP contribution in [0.3, 0.4) is 0 Å². The van der Waals surface area contributed by atoms with Crippen LogP contribution in [-0.4, -0.2) is 25.2 Å². The normalized spacial score (nSPS) is 16.6. The fourth-order valence-corrected chi connectivity index (χ4v) is 2.41. The van der Waals surface area contributed by atoms with Crippen molar-refractivity contribution in [3.63, 3.8) is 0 Å². The maximum absolute atomic E-state index is 11.9. The Kier molecular flexibility index (Phi) is 5.03. The molecule has 0 radical (unpaired) electrons. The first kappa shape index (κ1) is 13.8. The van der Waals surface area contributed by atoms with E-state index in [1.807, 2.05) is 18.2 Å². The molecule has 0 spiro atoms. The molecule has 1 N–H and O–H groups in total. The van der Waals surface area contributed by atoms with Crippen molar-refractivity contribution in [2.75, 3.05) is 13.2 Å². The van der Waals surface area contributed by atoms with E-state index in [1.165, 1.54) is 0 Å². The van der Waals surface area contributed by atoms with Crippen LogP contribution in [0.15, 0.2) is 22.7 Å². The van der Waals surface area contributed by atoms with Crippen molar-refractivity contribution in [2.45, 2.75) is 25.3 Å². The maximum Gasteiger partial charge on any atom is 0.224 e. The van der Waals surface area contributed by atoms with Gasteiger partial charge in [-0.1, -0.05) is 17.7 Å². The molecule has 1 aromatic rings. The van der Waals surface area contributed by atoms with Gasteiger partial charge in [0, 0.05) is 23.7 Å². The molecule has 18 heavy (non-hydrogen) atoms. The number of halogens is 2. The van der Waals surface area contributed by atoms with Gasteiger partial charge in [0.1, 0.15) is 0 Å². The summed E-state index contributed by atoms with van der Waals surface area (Å²) in [6, 6.07) is 5.82. The average molecular weight is 333 g/mol. The van der Waals surface area contributed by atoms with E-state index >= 15 is 0 Å². The average Bonchev–Trinajstić information content (AvgIpc) is 2.35. The van der Waals surface area contributed by atoms with Crippen molar-refractivity contribution in [1.29, 1.82) is 0 Å². The van der Waals surface area contributed by atoms with Gasteiger partial charge >= 0.3 is 0 Å². The Morgan fingerprint density at radius 1 is 1.44 bits per heavy atom.